The van der Waals surface area contributed by atoms with E-state index in [2.05, 4.69) is 4.98 Å². The van der Waals surface area contributed by atoms with Gasteiger partial charge in [0.2, 0.25) is 11.8 Å². The molecule has 3 rings (SSSR count). The van der Waals surface area contributed by atoms with Gasteiger partial charge in [-0.05, 0) is 43.8 Å². The predicted octanol–water partition coefficient (Wildman–Crippen LogP) is 3.93. The highest BCUT2D eigenvalue weighted by molar-refractivity contribution is 7.14. The maximum absolute atomic E-state index is 13.6. The molecule has 0 aliphatic heterocycles. The van der Waals surface area contributed by atoms with Gasteiger partial charge in [-0.1, -0.05) is 29.8 Å². The minimum Gasteiger partial charge on any atom is -0.368 e. The van der Waals surface area contributed by atoms with E-state index in [1.807, 2.05) is 36.6 Å². The molecule has 0 bridgehead atoms. The van der Waals surface area contributed by atoms with E-state index in [9.17, 15) is 14.0 Å². The molecule has 0 aliphatic rings. The summed E-state index contributed by atoms with van der Waals surface area (Å²) in [4.78, 5) is 32.1. The average Bonchev–Trinajstić information content (AvgIpc) is 3.11. The van der Waals surface area contributed by atoms with E-state index in [4.69, 9.17) is 5.73 Å². The number of benzene rings is 2. The number of nitrogens with two attached hydrogens (primary N) is 1. The van der Waals surface area contributed by atoms with Crippen molar-refractivity contribution in [1.82, 2.24) is 9.88 Å². The summed E-state index contributed by atoms with van der Waals surface area (Å²) < 4.78 is 13.6. The van der Waals surface area contributed by atoms with Gasteiger partial charge >= 0.3 is 0 Å². The predicted molar refractivity (Wildman–Crippen MR) is 116 cm³/mol. The van der Waals surface area contributed by atoms with Gasteiger partial charge in [-0.2, -0.15) is 0 Å². The summed E-state index contributed by atoms with van der Waals surface area (Å²) in [7, 11) is 1.72. The molecule has 1 aromatic heterocycles. The fourth-order valence-electron chi connectivity index (χ4n) is 3.25. The Balaban J connectivity index is 1.83. The van der Waals surface area contributed by atoms with Gasteiger partial charge in [-0.25, -0.2) is 9.37 Å². The standard InChI is InChI=1S/C22H23FN4O2S/c1-14-7-9-19(10-8-14)27(15(2)28)22-25-18(13-30-22)12-26(3)20(21(24)29)16-5-4-6-17(23)11-16/h4-11,13,20H,12H2,1-3H3,(H2,24,29). The van der Waals surface area contributed by atoms with Gasteiger partial charge < -0.3 is 5.73 Å². The van der Waals surface area contributed by atoms with E-state index < -0.39 is 17.8 Å². The number of thiazole rings is 1. The van der Waals surface area contributed by atoms with Crippen LogP contribution in [0.2, 0.25) is 0 Å². The molecule has 1 heterocycles. The Morgan fingerprint density at radius 2 is 1.90 bits per heavy atom. The third-order valence-corrected chi connectivity index (χ3v) is 5.50. The van der Waals surface area contributed by atoms with Crippen LogP contribution in [-0.2, 0) is 16.1 Å². The van der Waals surface area contributed by atoms with Crippen LogP contribution in [0.3, 0.4) is 0 Å². The molecule has 2 amide bonds. The first kappa shape index (κ1) is 21.6. The fraction of sp³-hybridized carbons (Fsp3) is 0.227. The summed E-state index contributed by atoms with van der Waals surface area (Å²) in [6.07, 6.45) is 0. The van der Waals surface area contributed by atoms with Gasteiger partial charge in [0.05, 0.1) is 11.4 Å². The summed E-state index contributed by atoms with van der Waals surface area (Å²) in [6.45, 7) is 3.77. The van der Waals surface area contributed by atoms with Crippen molar-refractivity contribution in [1.29, 1.82) is 0 Å². The van der Waals surface area contributed by atoms with Crippen LogP contribution in [0.1, 0.15) is 29.8 Å². The zero-order valence-electron chi connectivity index (χ0n) is 17.0. The second-order valence-electron chi connectivity index (χ2n) is 7.09. The summed E-state index contributed by atoms with van der Waals surface area (Å²) in [5.41, 5.74) is 8.57. The number of hydrogen-bond acceptors (Lipinski definition) is 5. The van der Waals surface area contributed by atoms with Crippen LogP contribution in [0.5, 0.6) is 0 Å². The molecule has 0 fully saturated rings. The van der Waals surface area contributed by atoms with Gasteiger partial charge in [-0.15, -0.1) is 11.3 Å². The number of primary amides is 1. The van der Waals surface area contributed by atoms with Crippen LogP contribution in [0, 0.1) is 12.7 Å². The Morgan fingerprint density at radius 3 is 2.50 bits per heavy atom. The lowest BCUT2D eigenvalue weighted by Gasteiger charge is -2.25. The number of amides is 2. The van der Waals surface area contributed by atoms with E-state index in [0.717, 1.165) is 11.3 Å². The lowest BCUT2D eigenvalue weighted by Crippen LogP contribution is -2.35. The third-order valence-electron chi connectivity index (χ3n) is 4.62. The number of carbonyl (C=O) groups excluding carboxylic acids is 2. The number of likely N-dealkylation sites (N-methyl/N-ethyl adjacent to an activating group) is 1. The van der Waals surface area contributed by atoms with E-state index in [-0.39, 0.29) is 5.91 Å². The Labute approximate surface area is 178 Å². The van der Waals surface area contributed by atoms with E-state index >= 15 is 0 Å². The summed E-state index contributed by atoms with van der Waals surface area (Å²) in [5, 5.41) is 2.37. The highest BCUT2D eigenvalue weighted by Gasteiger charge is 2.25. The van der Waals surface area contributed by atoms with Gasteiger partial charge in [0, 0.05) is 18.8 Å². The first-order chi connectivity index (χ1) is 14.3. The molecule has 2 aromatic carbocycles. The Bertz CT molecular complexity index is 1050. The fourth-order valence-corrected chi connectivity index (χ4v) is 4.13. The molecule has 30 heavy (non-hydrogen) atoms. The van der Waals surface area contributed by atoms with E-state index in [0.29, 0.717) is 22.9 Å². The van der Waals surface area contributed by atoms with Crippen molar-refractivity contribution < 1.29 is 14.0 Å². The van der Waals surface area contributed by atoms with E-state index in [1.54, 1.807) is 29.0 Å². The lowest BCUT2D eigenvalue weighted by molar-refractivity contribution is -0.123. The Morgan fingerprint density at radius 1 is 1.20 bits per heavy atom. The molecule has 8 heteroatoms. The SMILES string of the molecule is CC(=O)N(c1ccc(C)cc1)c1nc(CN(C)C(C(N)=O)c2cccc(F)c2)cs1. The van der Waals surface area contributed by atoms with Crippen molar-refractivity contribution in [2.45, 2.75) is 26.4 Å². The number of halogens is 1. The van der Waals surface area contributed by atoms with Gasteiger partial charge in [0.1, 0.15) is 11.9 Å². The largest absolute Gasteiger partial charge is 0.368 e. The van der Waals surface area contributed by atoms with Crippen molar-refractivity contribution in [3.8, 4) is 0 Å². The molecule has 0 spiro atoms. The lowest BCUT2D eigenvalue weighted by atomic mass is 10.0. The number of aromatic nitrogens is 1. The quantitative estimate of drug-likeness (QED) is 0.621. The Hall–Kier alpha value is -3.10. The maximum atomic E-state index is 13.6. The molecule has 0 saturated carbocycles. The monoisotopic (exact) mass is 426 g/mol. The van der Waals surface area contributed by atoms with E-state index in [1.165, 1.54) is 30.4 Å². The van der Waals surface area contributed by atoms with Crippen molar-refractivity contribution in [2.24, 2.45) is 5.73 Å². The molecule has 2 N–H and O–H groups in total. The molecule has 6 nitrogen and oxygen atoms in total. The number of carbonyl (C=O) groups is 2. The van der Waals surface area contributed by atoms with Crippen LogP contribution < -0.4 is 10.6 Å². The van der Waals surface area contributed by atoms with Crippen LogP contribution >= 0.6 is 11.3 Å². The molecular formula is C22H23FN4O2S. The van der Waals surface area contributed by atoms with Crippen LogP contribution in [0.25, 0.3) is 0 Å². The topological polar surface area (TPSA) is 79.5 Å². The molecule has 1 atom stereocenters. The third kappa shape index (κ3) is 4.90. The first-order valence-electron chi connectivity index (χ1n) is 9.33. The molecule has 0 aliphatic carbocycles. The zero-order valence-corrected chi connectivity index (χ0v) is 17.8. The number of rotatable bonds is 7. The van der Waals surface area contributed by atoms with Crippen molar-refractivity contribution in [2.75, 3.05) is 11.9 Å². The molecule has 0 radical (unpaired) electrons. The molecule has 1 unspecified atom stereocenters. The second-order valence-corrected chi connectivity index (χ2v) is 7.92. The Kier molecular flexibility index (Phi) is 6.59. The van der Waals surface area contributed by atoms with Crippen LogP contribution in [0.15, 0.2) is 53.9 Å². The second kappa shape index (κ2) is 9.15. The smallest absolute Gasteiger partial charge is 0.239 e. The number of aryl methyl sites for hydroxylation is 1. The van der Waals surface area contributed by atoms with Gasteiger partial charge in [0.25, 0.3) is 0 Å². The number of nitrogens with zero attached hydrogens (tertiary/aromatic N) is 3. The van der Waals surface area contributed by atoms with Crippen LogP contribution in [-0.4, -0.2) is 28.7 Å². The highest BCUT2D eigenvalue weighted by Crippen LogP contribution is 2.30. The van der Waals surface area contributed by atoms with Crippen molar-refractivity contribution in [3.05, 3.63) is 76.5 Å². The zero-order chi connectivity index (χ0) is 21.8. The highest BCUT2D eigenvalue weighted by atomic mass is 32.1. The summed E-state index contributed by atoms with van der Waals surface area (Å²) >= 11 is 1.34. The molecule has 156 valence electrons. The average molecular weight is 427 g/mol. The van der Waals surface area contributed by atoms with Crippen molar-refractivity contribution >= 4 is 34.0 Å². The first-order valence-corrected chi connectivity index (χ1v) is 10.2. The summed E-state index contributed by atoms with van der Waals surface area (Å²) in [6, 6.07) is 12.6. The summed E-state index contributed by atoms with van der Waals surface area (Å²) in [5.74, 6) is -1.16. The minimum atomic E-state index is -0.799. The van der Waals surface area contributed by atoms with Gasteiger partial charge in [0.15, 0.2) is 5.13 Å². The van der Waals surface area contributed by atoms with Crippen LogP contribution in [0.4, 0.5) is 15.2 Å². The van der Waals surface area contributed by atoms with Crippen molar-refractivity contribution in [3.63, 3.8) is 0 Å². The number of anilines is 2. The molecule has 0 saturated heterocycles. The van der Waals surface area contributed by atoms with Gasteiger partial charge in [-0.3, -0.25) is 19.4 Å². The molecule has 3 aromatic rings. The normalized spacial score (nSPS) is 12.0. The molecular weight excluding hydrogens is 403 g/mol. The maximum Gasteiger partial charge on any atom is 0.239 e. The minimum absolute atomic E-state index is 0.150. The number of hydrogen-bond donors (Lipinski definition) is 1.